The first-order valence-corrected chi connectivity index (χ1v) is 6.95. The molecule has 0 aromatic heterocycles. The van der Waals surface area contributed by atoms with Crippen molar-refractivity contribution in [1.29, 1.82) is 0 Å². The Kier molecular flexibility index (Phi) is 4.70. The largest absolute Gasteiger partial charge is 0.448 e. The summed E-state index contributed by atoms with van der Waals surface area (Å²) in [5.74, 6) is -1.54. The lowest BCUT2D eigenvalue weighted by Crippen LogP contribution is -2.46. The second-order valence-corrected chi connectivity index (χ2v) is 4.81. The molecule has 0 spiro atoms. The number of esters is 1. The molecule has 0 saturated carbocycles. The molecule has 21 heavy (non-hydrogen) atoms. The summed E-state index contributed by atoms with van der Waals surface area (Å²) in [6, 6.07) is 5.63. The summed E-state index contributed by atoms with van der Waals surface area (Å²) >= 11 is 0. The zero-order chi connectivity index (χ0) is 15.4. The molecule has 1 heterocycles. The Hall–Kier alpha value is -2.21. The molecule has 0 radical (unpaired) electrons. The highest BCUT2D eigenvalue weighted by Gasteiger charge is 2.42. The molecule has 2 N–H and O–H groups in total. The maximum absolute atomic E-state index is 12.4. The van der Waals surface area contributed by atoms with Crippen molar-refractivity contribution < 1.29 is 19.1 Å². The van der Waals surface area contributed by atoms with E-state index in [-0.39, 0.29) is 6.73 Å². The molecule has 0 aliphatic carbocycles. The number of hydrogen-bond donors (Lipinski definition) is 1. The number of hydrogen-bond acceptors (Lipinski definition) is 5. The zero-order valence-corrected chi connectivity index (χ0v) is 11.9. The Morgan fingerprint density at radius 3 is 2.29 bits per heavy atom. The zero-order valence-electron chi connectivity index (χ0n) is 11.9. The molecule has 1 unspecified atom stereocenters. The summed E-state index contributed by atoms with van der Waals surface area (Å²) in [6.07, 6.45) is 1.92. The molecule has 6 heteroatoms. The number of unbranched alkanes of at least 4 members (excludes halogenated alkanes) is 1. The van der Waals surface area contributed by atoms with Gasteiger partial charge in [-0.25, -0.2) is 4.79 Å². The monoisotopic (exact) mass is 290 g/mol. The highest BCUT2D eigenvalue weighted by atomic mass is 16.5. The number of ether oxygens (including phenoxy) is 1. The maximum Gasteiger partial charge on any atom is 0.330 e. The number of imide groups is 1. The van der Waals surface area contributed by atoms with E-state index in [2.05, 4.69) is 0 Å². The first kappa shape index (κ1) is 15.2. The van der Waals surface area contributed by atoms with Crippen molar-refractivity contribution in [2.24, 2.45) is 5.73 Å². The third-order valence-corrected chi connectivity index (χ3v) is 3.47. The van der Waals surface area contributed by atoms with Crippen LogP contribution in [0.4, 0.5) is 0 Å². The Morgan fingerprint density at radius 2 is 1.81 bits per heavy atom. The predicted octanol–water partition coefficient (Wildman–Crippen LogP) is 1.30. The minimum absolute atomic E-state index is 0.273. The molecule has 1 aromatic rings. The van der Waals surface area contributed by atoms with Gasteiger partial charge in [0.15, 0.2) is 0 Å². The van der Waals surface area contributed by atoms with E-state index in [4.69, 9.17) is 10.5 Å². The number of rotatable bonds is 6. The number of carbonyl (C=O) groups excluding carboxylic acids is 3. The first-order valence-electron chi connectivity index (χ1n) is 6.95. The fourth-order valence-electron chi connectivity index (χ4n) is 2.42. The van der Waals surface area contributed by atoms with Gasteiger partial charge in [-0.15, -0.1) is 0 Å². The summed E-state index contributed by atoms with van der Waals surface area (Å²) in [7, 11) is 0. The fraction of sp³-hybridized carbons (Fsp3) is 0.400. The van der Waals surface area contributed by atoms with Crippen LogP contribution in [-0.4, -0.2) is 35.5 Å². The van der Waals surface area contributed by atoms with Crippen LogP contribution >= 0.6 is 0 Å². The highest BCUT2D eigenvalue weighted by Crippen LogP contribution is 2.26. The SMILES string of the molecule is CCCCC(C(=O)OCN)N1C(=O)c2ccccc2C1=O. The van der Waals surface area contributed by atoms with Crippen LogP contribution in [0.15, 0.2) is 24.3 Å². The number of carbonyl (C=O) groups is 3. The van der Waals surface area contributed by atoms with Gasteiger partial charge in [0.1, 0.15) is 12.8 Å². The van der Waals surface area contributed by atoms with Crippen molar-refractivity contribution in [3.63, 3.8) is 0 Å². The molecular formula is C15H18N2O4. The van der Waals surface area contributed by atoms with Crippen LogP contribution in [0.1, 0.15) is 46.9 Å². The molecule has 1 atom stereocenters. The van der Waals surface area contributed by atoms with Crippen molar-refractivity contribution in [1.82, 2.24) is 4.90 Å². The second kappa shape index (κ2) is 6.49. The van der Waals surface area contributed by atoms with Gasteiger partial charge in [-0.05, 0) is 18.6 Å². The van der Waals surface area contributed by atoms with E-state index in [9.17, 15) is 14.4 Å². The average molecular weight is 290 g/mol. The van der Waals surface area contributed by atoms with Crippen molar-refractivity contribution in [2.45, 2.75) is 32.2 Å². The van der Waals surface area contributed by atoms with Gasteiger partial charge >= 0.3 is 5.97 Å². The lowest BCUT2D eigenvalue weighted by molar-refractivity contribution is -0.148. The van der Waals surface area contributed by atoms with Gasteiger partial charge in [0.2, 0.25) is 0 Å². The lowest BCUT2D eigenvalue weighted by atomic mass is 10.1. The lowest BCUT2D eigenvalue weighted by Gasteiger charge is -2.24. The minimum atomic E-state index is -0.916. The molecule has 0 fully saturated rings. The van der Waals surface area contributed by atoms with Crippen LogP contribution in [0.3, 0.4) is 0 Å². The van der Waals surface area contributed by atoms with E-state index in [1.54, 1.807) is 24.3 Å². The summed E-state index contributed by atoms with van der Waals surface area (Å²) in [6.45, 7) is 1.69. The van der Waals surface area contributed by atoms with Crippen molar-refractivity contribution in [2.75, 3.05) is 6.73 Å². The summed E-state index contributed by atoms with van der Waals surface area (Å²) in [5, 5.41) is 0. The number of amides is 2. The quantitative estimate of drug-likeness (QED) is 0.484. The van der Waals surface area contributed by atoms with Crippen molar-refractivity contribution in [3.05, 3.63) is 35.4 Å². The van der Waals surface area contributed by atoms with Crippen LogP contribution in [0.25, 0.3) is 0 Å². The minimum Gasteiger partial charge on any atom is -0.448 e. The molecule has 2 rings (SSSR count). The normalized spacial score (nSPS) is 15.0. The van der Waals surface area contributed by atoms with Gasteiger partial charge in [0, 0.05) is 0 Å². The fourth-order valence-corrected chi connectivity index (χ4v) is 2.42. The average Bonchev–Trinajstić information content (AvgIpc) is 2.73. The number of nitrogens with zero attached hydrogens (tertiary/aromatic N) is 1. The van der Waals surface area contributed by atoms with Gasteiger partial charge in [-0.3, -0.25) is 20.2 Å². The molecule has 112 valence electrons. The van der Waals surface area contributed by atoms with E-state index in [1.165, 1.54) is 0 Å². The van der Waals surface area contributed by atoms with Crippen LogP contribution in [-0.2, 0) is 9.53 Å². The molecule has 1 aromatic carbocycles. The molecule has 6 nitrogen and oxygen atoms in total. The predicted molar refractivity (Wildman–Crippen MR) is 75.4 cm³/mol. The third-order valence-electron chi connectivity index (χ3n) is 3.47. The number of benzene rings is 1. The van der Waals surface area contributed by atoms with E-state index in [0.717, 1.165) is 11.3 Å². The first-order chi connectivity index (χ1) is 10.1. The Balaban J connectivity index is 2.31. The summed E-state index contributed by atoms with van der Waals surface area (Å²) in [4.78, 5) is 37.8. The van der Waals surface area contributed by atoms with E-state index >= 15 is 0 Å². The van der Waals surface area contributed by atoms with Crippen LogP contribution in [0.2, 0.25) is 0 Å². The van der Waals surface area contributed by atoms with E-state index in [0.29, 0.717) is 24.0 Å². The van der Waals surface area contributed by atoms with E-state index in [1.807, 2.05) is 6.92 Å². The molecule has 1 aliphatic heterocycles. The Bertz CT molecular complexity index is 536. The number of nitrogens with two attached hydrogens (primary N) is 1. The van der Waals surface area contributed by atoms with Crippen LogP contribution in [0.5, 0.6) is 0 Å². The third kappa shape index (κ3) is 2.80. The Labute approximate surface area is 122 Å². The maximum atomic E-state index is 12.4. The van der Waals surface area contributed by atoms with Gasteiger partial charge in [-0.2, -0.15) is 0 Å². The highest BCUT2D eigenvalue weighted by molar-refractivity contribution is 6.22. The molecule has 0 bridgehead atoms. The topological polar surface area (TPSA) is 89.7 Å². The van der Waals surface area contributed by atoms with E-state index < -0.39 is 23.8 Å². The molecule has 0 saturated heterocycles. The number of fused-ring (bicyclic) bond motifs is 1. The van der Waals surface area contributed by atoms with Gasteiger partial charge < -0.3 is 4.74 Å². The summed E-state index contributed by atoms with van der Waals surface area (Å²) < 4.78 is 4.80. The van der Waals surface area contributed by atoms with Gasteiger partial charge in [0.05, 0.1) is 11.1 Å². The molecule has 2 amide bonds. The second-order valence-electron chi connectivity index (χ2n) is 4.81. The smallest absolute Gasteiger partial charge is 0.330 e. The summed E-state index contributed by atoms with van der Waals surface area (Å²) in [5.41, 5.74) is 5.86. The van der Waals surface area contributed by atoms with Crippen molar-refractivity contribution >= 4 is 17.8 Å². The van der Waals surface area contributed by atoms with Crippen LogP contribution in [0, 0.1) is 0 Å². The Morgan fingerprint density at radius 1 is 1.24 bits per heavy atom. The molecular weight excluding hydrogens is 272 g/mol. The molecule has 1 aliphatic rings. The standard InChI is InChI=1S/C15H18N2O4/c1-2-3-8-12(15(20)21-9-16)17-13(18)10-6-4-5-7-11(10)14(17)19/h4-7,12H,2-3,8-9,16H2,1H3. The van der Waals surface area contributed by atoms with Gasteiger partial charge in [-0.1, -0.05) is 31.9 Å². The van der Waals surface area contributed by atoms with Crippen molar-refractivity contribution in [3.8, 4) is 0 Å². The van der Waals surface area contributed by atoms with Gasteiger partial charge in [0.25, 0.3) is 11.8 Å². The van der Waals surface area contributed by atoms with Crippen LogP contribution < -0.4 is 5.73 Å².